The van der Waals surface area contributed by atoms with E-state index in [1.807, 2.05) is 12.3 Å². The Labute approximate surface area is 172 Å². The lowest BCUT2D eigenvalue weighted by atomic mass is 9.48. The standard InChI is InChI=1S/C26H28N2O/c1-15-6-3-4-7-21(15)28-16(2)23-24-22(8-5-9-27-24)29-25(23)26(28)19-11-17-10-18(13-19)14-20(26)12-17/h3-9,16-20H,10-14H2,1-2H3. The molecule has 1 aliphatic heterocycles. The highest BCUT2D eigenvalue weighted by Gasteiger charge is 2.67. The number of fused-ring (bicyclic) bond motifs is 3. The molecule has 3 nitrogen and oxygen atoms in total. The van der Waals surface area contributed by atoms with Crippen molar-refractivity contribution in [3.05, 3.63) is 59.5 Å². The van der Waals surface area contributed by atoms with Crippen LogP contribution in [0.3, 0.4) is 0 Å². The smallest absolute Gasteiger partial charge is 0.153 e. The zero-order valence-corrected chi connectivity index (χ0v) is 17.3. The number of nitrogens with zero attached hydrogens (tertiary/aromatic N) is 2. The fraction of sp³-hybridized carbons (Fsp3) is 0.500. The molecule has 2 aromatic heterocycles. The summed E-state index contributed by atoms with van der Waals surface area (Å²) in [6, 6.07) is 13.4. The van der Waals surface area contributed by atoms with Crippen LogP contribution in [0.5, 0.6) is 0 Å². The second-order valence-electron chi connectivity index (χ2n) is 10.2. The molecule has 1 spiro atoms. The van der Waals surface area contributed by atoms with E-state index in [4.69, 9.17) is 9.40 Å². The van der Waals surface area contributed by atoms with Gasteiger partial charge in [0.1, 0.15) is 16.8 Å². The van der Waals surface area contributed by atoms with Crippen LogP contribution < -0.4 is 4.90 Å². The van der Waals surface area contributed by atoms with Crippen molar-refractivity contribution >= 4 is 16.8 Å². The molecular weight excluding hydrogens is 356 g/mol. The van der Waals surface area contributed by atoms with Crippen LogP contribution in [0.1, 0.15) is 62.0 Å². The third-order valence-corrected chi connectivity index (χ3v) is 8.81. The van der Waals surface area contributed by atoms with Crippen molar-refractivity contribution in [2.24, 2.45) is 23.7 Å². The Balaban J connectivity index is 1.54. The first kappa shape index (κ1) is 16.5. The molecule has 5 aliphatic rings. The summed E-state index contributed by atoms with van der Waals surface area (Å²) in [4.78, 5) is 7.58. The van der Waals surface area contributed by atoms with Crippen molar-refractivity contribution in [1.29, 1.82) is 0 Å². The van der Waals surface area contributed by atoms with Gasteiger partial charge in [0.05, 0.1) is 6.04 Å². The number of furan rings is 1. The van der Waals surface area contributed by atoms with Crippen LogP contribution >= 0.6 is 0 Å². The van der Waals surface area contributed by atoms with E-state index in [2.05, 4.69) is 49.1 Å². The van der Waals surface area contributed by atoms with E-state index < -0.39 is 0 Å². The predicted molar refractivity (Wildman–Crippen MR) is 115 cm³/mol. The second kappa shape index (κ2) is 5.44. The van der Waals surface area contributed by atoms with E-state index in [0.717, 1.165) is 22.9 Å². The maximum absolute atomic E-state index is 6.75. The molecule has 0 amide bonds. The van der Waals surface area contributed by atoms with Crippen LogP contribution in [-0.2, 0) is 5.54 Å². The van der Waals surface area contributed by atoms with E-state index in [1.54, 1.807) is 0 Å². The number of aryl methyl sites for hydroxylation is 1. The Kier molecular flexibility index (Phi) is 3.10. The van der Waals surface area contributed by atoms with Crippen LogP contribution in [0, 0.1) is 30.6 Å². The van der Waals surface area contributed by atoms with Crippen molar-refractivity contribution in [3.8, 4) is 0 Å². The predicted octanol–water partition coefficient (Wildman–Crippen LogP) is 6.37. The highest BCUT2D eigenvalue weighted by atomic mass is 16.3. The van der Waals surface area contributed by atoms with E-state index in [0.29, 0.717) is 17.9 Å². The van der Waals surface area contributed by atoms with Gasteiger partial charge in [0.25, 0.3) is 0 Å². The number of hydrogen-bond acceptors (Lipinski definition) is 3. The normalized spacial score (nSPS) is 37.0. The Morgan fingerprint density at radius 3 is 2.41 bits per heavy atom. The lowest BCUT2D eigenvalue weighted by Crippen LogP contribution is -2.62. The van der Waals surface area contributed by atoms with Gasteiger partial charge in [-0.25, -0.2) is 0 Å². The summed E-state index contributed by atoms with van der Waals surface area (Å²) in [6.45, 7) is 4.65. The maximum atomic E-state index is 6.75. The zero-order chi connectivity index (χ0) is 19.3. The van der Waals surface area contributed by atoms with Gasteiger partial charge in [0.2, 0.25) is 0 Å². The van der Waals surface area contributed by atoms with Gasteiger partial charge >= 0.3 is 0 Å². The quantitative estimate of drug-likeness (QED) is 0.488. The van der Waals surface area contributed by atoms with Gasteiger partial charge < -0.3 is 9.32 Å². The molecule has 148 valence electrons. The highest BCUT2D eigenvalue weighted by Crippen LogP contribution is 2.69. The SMILES string of the molecule is Cc1ccccc1N1C(C)c2c(oc3cccnc23)C12C1CC3CC(C1)CC2C3. The molecule has 0 saturated heterocycles. The summed E-state index contributed by atoms with van der Waals surface area (Å²) in [5.74, 6) is 4.52. The molecule has 4 saturated carbocycles. The van der Waals surface area contributed by atoms with E-state index in [-0.39, 0.29) is 5.54 Å². The number of anilines is 1. The van der Waals surface area contributed by atoms with Gasteiger partial charge in [-0.05, 0) is 93.4 Å². The van der Waals surface area contributed by atoms with Gasteiger partial charge in [-0.3, -0.25) is 4.98 Å². The number of para-hydroxylation sites is 1. The van der Waals surface area contributed by atoms with Gasteiger partial charge in [-0.1, -0.05) is 18.2 Å². The molecule has 8 rings (SSSR count). The Morgan fingerprint density at radius 1 is 0.966 bits per heavy atom. The van der Waals surface area contributed by atoms with Crippen molar-refractivity contribution in [3.63, 3.8) is 0 Å². The van der Waals surface area contributed by atoms with Gasteiger partial charge in [0, 0.05) is 17.4 Å². The first-order valence-corrected chi connectivity index (χ1v) is 11.4. The van der Waals surface area contributed by atoms with Crippen LogP contribution in [0.2, 0.25) is 0 Å². The molecule has 4 bridgehead atoms. The molecule has 4 aliphatic carbocycles. The third kappa shape index (κ3) is 1.88. The molecule has 1 unspecified atom stereocenters. The molecule has 3 heteroatoms. The maximum Gasteiger partial charge on any atom is 0.153 e. The van der Waals surface area contributed by atoms with Gasteiger partial charge in [-0.2, -0.15) is 0 Å². The van der Waals surface area contributed by atoms with Crippen LogP contribution in [0.15, 0.2) is 47.0 Å². The minimum absolute atomic E-state index is 0.00891. The van der Waals surface area contributed by atoms with E-state index >= 15 is 0 Å². The number of hydrogen-bond donors (Lipinski definition) is 0. The zero-order valence-electron chi connectivity index (χ0n) is 17.3. The fourth-order valence-corrected chi connectivity index (χ4v) is 8.10. The van der Waals surface area contributed by atoms with Crippen molar-refractivity contribution in [2.45, 2.75) is 57.5 Å². The largest absolute Gasteiger partial charge is 0.456 e. The number of aromatic nitrogens is 1. The summed E-state index contributed by atoms with van der Waals surface area (Å²) >= 11 is 0. The Morgan fingerprint density at radius 2 is 1.69 bits per heavy atom. The minimum Gasteiger partial charge on any atom is -0.456 e. The molecule has 0 radical (unpaired) electrons. The fourth-order valence-electron chi connectivity index (χ4n) is 8.10. The summed E-state index contributed by atoms with van der Waals surface area (Å²) < 4.78 is 6.75. The highest BCUT2D eigenvalue weighted by molar-refractivity contribution is 5.82. The van der Waals surface area contributed by atoms with Crippen molar-refractivity contribution < 1.29 is 4.42 Å². The van der Waals surface area contributed by atoms with E-state index in [9.17, 15) is 0 Å². The van der Waals surface area contributed by atoms with E-state index in [1.165, 1.54) is 54.7 Å². The first-order chi connectivity index (χ1) is 14.2. The molecular formula is C26H28N2O. The Hall–Kier alpha value is -2.29. The molecule has 29 heavy (non-hydrogen) atoms. The Bertz CT molecular complexity index is 1100. The monoisotopic (exact) mass is 384 g/mol. The summed E-state index contributed by atoms with van der Waals surface area (Å²) in [6.07, 6.45) is 8.86. The molecule has 1 aromatic carbocycles. The summed E-state index contributed by atoms with van der Waals surface area (Å²) in [7, 11) is 0. The lowest BCUT2D eigenvalue weighted by Gasteiger charge is -2.63. The third-order valence-electron chi connectivity index (χ3n) is 8.81. The number of rotatable bonds is 1. The topological polar surface area (TPSA) is 29.3 Å². The van der Waals surface area contributed by atoms with Crippen molar-refractivity contribution in [2.75, 3.05) is 4.90 Å². The summed E-state index contributed by atoms with van der Waals surface area (Å²) in [5, 5.41) is 0. The number of pyridine rings is 1. The van der Waals surface area contributed by atoms with Crippen LogP contribution in [0.4, 0.5) is 5.69 Å². The first-order valence-electron chi connectivity index (χ1n) is 11.4. The molecule has 4 fully saturated rings. The minimum atomic E-state index is 0.00891. The van der Waals surface area contributed by atoms with Crippen LogP contribution in [0.25, 0.3) is 11.1 Å². The summed E-state index contributed by atoms with van der Waals surface area (Å²) in [5.41, 5.74) is 6.19. The van der Waals surface area contributed by atoms with Crippen LogP contribution in [-0.4, -0.2) is 4.98 Å². The number of benzene rings is 1. The van der Waals surface area contributed by atoms with Gasteiger partial charge in [0.15, 0.2) is 5.58 Å². The molecule has 3 aromatic rings. The van der Waals surface area contributed by atoms with Crippen molar-refractivity contribution in [1.82, 2.24) is 4.98 Å². The molecule has 0 N–H and O–H groups in total. The molecule has 3 heterocycles. The molecule has 1 atom stereocenters. The average Bonchev–Trinajstić information content (AvgIpc) is 3.21. The average molecular weight is 385 g/mol. The van der Waals surface area contributed by atoms with Gasteiger partial charge in [-0.15, -0.1) is 0 Å². The lowest BCUT2D eigenvalue weighted by molar-refractivity contribution is -0.0679. The second-order valence-corrected chi connectivity index (χ2v) is 10.2.